The zero-order valence-corrected chi connectivity index (χ0v) is 18.1. The van der Waals surface area contributed by atoms with Crippen LogP contribution in [0, 0.1) is 0 Å². The molecule has 2 aliphatic rings. The maximum atomic E-state index is 13.3. The number of rotatable bonds is 4. The maximum absolute atomic E-state index is 13.3. The van der Waals surface area contributed by atoms with Crippen LogP contribution >= 0.6 is 0 Å². The maximum Gasteiger partial charge on any atom is 0.417 e. The van der Waals surface area contributed by atoms with Crippen LogP contribution in [0.1, 0.15) is 23.8 Å². The Morgan fingerprint density at radius 3 is 2.56 bits per heavy atom. The van der Waals surface area contributed by atoms with Crippen molar-refractivity contribution in [1.82, 2.24) is 0 Å². The van der Waals surface area contributed by atoms with Gasteiger partial charge in [0.05, 0.1) is 24.3 Å². The van der Waals surface area contributed by atoms with E-state index in [4.69, 9.17) is 23.4 Å². The largest absolute Gasteiger partial charge is 0.423 e. The number of benzene rings is 2. The minimum absolute atomic E-state index is 0.167. The van der Waals surface area contributed by atoms with Crippen molar-refractivity contribution >= 4 is 16.7 Å². The molecule has 0 amide bonds. The summed E-state index contributed by atoms with van der Waals surface area (Å²) < 4.78 is 68.5. The lowest BCUT2D eigenvalue weighted by molar-refractivity contribution is -0.315. The number of methoxy groups -OCH3 is 1. The third kappa shape index (κ3) is 4.54. The van der Waals surface area contributed by atoms with Gasteiger partial charge in [0.1, 0.15) is 11.7 Å². The smallest absolute Gasteiger partial charge is 0.417 e. The highest BCUT2D eigenvalue weighted by molar-refractivity contribution is 5.84. The summed E-state index contributed by atoms with van der Waals surface area (Å²) in [6, 6.07) is 13.8. The molecular weight excluding hydrogens is 455 g/mol. The van der Waals surface area contributed by atoms with Crippen LogP contribution in [0.15, 0.2) is 63.8 Å². The van der Waals surface area contributed by atoms with E-state index in [-0.39, 0.29) is 29.2 Å². The number of hydrogen-bond donors (Lipinski definition) is 1. The number of alkyl halides is 3. The Hall–Kier alpha value is -2.92. The Morgan fingerprint density at radius 2 is 1.82 bits per heavy atom. The third-order valence-electron chi connectivity index (χ3n) is 5.95. The molecule has 3 heterocycles. The second kappa shape index (κ2) is 9.03. The number of fused-ring (bicyclic) bond motifs is 2. The van der Waals surface area contributed by atoms with Crippen LogP contribution in [-0.4, -0.2) is 38.3 Å². The molecule has 180 valence electrons. The third-order valence-corrected chi connectivity index (χ3v) is 5.95. The van der Waals surface area contributed by atoms with E-state index in [0.29, 0.717) is 24.8 Å². The quantitative estimate of drug-likeness (QED) is 0.556. The summed E-state index contributed by atoms with van der Waals surface area (Å²) in [5, 5.41) is 3.03. The van der Waals surface area contributed by atoms with Crippen LogP contribution in [0.5, 0.6) is 0 Å². The molecule has 0 radical (unpaired) electrons. The molecule has 10 heteroatoms. The van der Waals surface area contributed by atoms with Crippen LogP contribution < -0.4 is 10.9 Å². The first-order chi connectivity index (χ1) is 16.3. The van der Waals surface area contributed by atoms with Gasteiger partial charge in [0.25, 0.3) is 0 Å². The first-order valence-electron chi connectivity index (χ1n) is 10.7. The zero-order valence-electron chi connectivity index (χ0n) is 18.1. The van der Waals surface area contributed by atoms with Gasteiger partial charge in [-0.1, -0.05) is 30.3 Å². The van der Waals surface area contributed by atoms with Crippen molar-refractivity contribution in [1.29, 1.82) is 0 Å². The van der Waals surface area contributed by atoms with E-state index < -0.39 is 29.9 Å². The number of hydrogen-bond acceptors (Lipinski definition) is 7. The molecule has 5 rings (SSSR count). The molecule has 2 aliphatic heterocycles. The fraction of sp³-hybridized carbons (Fsp3) is 0.375. The number of ether oxygens (including phenoxy) is 4. The Balaban J connectivity index is 1.37. The van der Waals surface area contributed by atoms with Gasteiger partial charge in [-0.2, -0.15) is 13.2 Å². The van der Waals surface area contributed by atoms with Crippen molar-refractivity contribution in [3.63, 3.8) is 0 Å². The van der Waals surface area contributed by atoms with Gasteiger partial charge in [0, 0.05) is 42.3 Å². The molecule has 4 unspecified atom stereocenters. The normalized spacial score (nSPS) is 27.4. The highest BCUT2D eigenvalue weighted by Gasteiger charge is 2.43. The molecule has 1 N–H and O–H groups in total. The number of halogens is 3. The molecule has 0 bridgehead atoms. The van der Waals surface area contributed by atoms with Crippen molar-refractivity contribution < 1.29 is 36.5 Å². The Morgan fingerprint density at radius 1 is 1.03 bits per heavy atom. The molecule has 34 heavy (non-hydrogen) atoms. The summed E-state index contributed by atoms with van der Waals surface area (Å²) in [6.45, 7) is 0.332. The topological polar surface area (TPSA) is 79.2 Å². The van der Waals surface area contributed by atoms with Gasteiger partial charge in [-0.15, -0.1) is 0 Å². The Kier molecular flexibility index (Phi) is 6.07. The summed E-state index contributed by atoms with van der Waals surface area (Å²) in [6.07, 6.45) is -5.97. The van der Waals surface area contributed by atoms with Gasteiger partial charge in [0.2, 0.25) is 0 Å². The van der Waals surface area contributed by atoms with E-state index in [9.17, 15) is 18.0 Å². The first-order valence-corrected chi connectivity index (χ1v) is 10.7. The van der Waals surface area contributed by atoms with E-state index in [1.807, 2.05) is 30.3 Å². The van der Waals surface area contributed by atoms with Gasteiger partial charge >= 0.3 is 11.8 Å². The summed E-state index contributed by atoms with van der Waals surface area (Å²) in [7, 11) is 1.51. The second-order valence-corrected chi connectivity index (χ2v) is 8.20. The fourth-order valence-electron chi connectivity index (χ4n) is 4.37. The van der Waals surface area contributed by atoms with Crippen molar-refractivity contribution in [3.05, 3.63) is 76.1 Å². The number of nitrogens with one attached hydrogen (secondary N) is 1. The summed E-state index contributed by atoms with van der Waals surface area (Å²) >= 11 is 0. The van der Waals surface area contributed by atoms with Crippen LogP contribution in [0.2, 0.25) is 0 Å². The second-order valence-electron chi connectivity index (χ2n) is 8.20. The van der Waals surface area contributed by atoms with Gasteiger partial charge in [0.15, 0.2) is 12.6 Å². The van der Waals surface area contributed by atoms with Crippen LogP contribution in [-0.2, 0) is 25.1 Å². The average Bonchev–Trinajstić information content (AvgIpc) is 2.82. The SMILES string of the molecule is COC1OC2COC(c3ccccc3)O[C@H]2CC1Nc1ccc2c(C(F)(F)F)cc(=O)oc2c1. The van der Waals surface area contributed by atoms with E-state index in [0.717, 1.165) is 5.56 Å². The monoisotopic (exact) mass is 477 g/mol. The van der Waals surface area contributed by atoms with Gasteiger partial charge < -0.3 is 28.7 Å². The predicted octanol–water partition coefficient (Wildman–Crippen LogP) is 4.47. The van der Waals surface area contributed by atoms with Gasteiger partial charge in [-0.3, -0.25) is 0 Å². The Bertz CT molecular complexity index is 1210. The van der Waals surface area contributed by atoms with Crippen LogP contribution in [0.3, 0.4) is 0 Å². The van der Waals surface area contributed by atoms with Gasteiger partial charge in [-0.25, -0.2) is 4.79 Å². The lowest BCUT2D eigenvalue weighted by atomic mass is 9.98. The lowest BCUT2D eigenvalue weighted by Crippen LogP contribution is -2.55. The van der Waals surface area contributed by atoms with Crippen molar-refractivity contribution in [3.8, 4) is 0 Å². The molecule has 2 fully saturated rings. The highest BCUT2D eigenvalue weighted by Crippen LogP contribution is 2.37. The molecule has 3 aromatic rings. The molecule has 0 spiro atoms. The van der Waals surface area contributed by atoms with E-state index in [1.54, 1.807) is 0 Å². The molecule has 7 nitrogen and oxygen atoms in total. The van der Waals surface area contributed by atoms with E-state index in [2.05, 4.69) is 5.32 Å². The summed E-state index contributed by atoms with van der Waals surface area (Å²) in [4.78, 5) is 11.7. The minimum Gasteiger partial charge on any atom is -0.423 e. The molecule has 1 aromatic heterocycles. The van der Waals surface area contributed by atoms with Crippen molar-refractivity contribution in [2.24, 2.45) is 0 Å². The van der Waals surface area contributed by atoms with E-state index in [1.165, 1.54) is 25.3 Å². The van der Waals surface area contributed by atoms with Crippen LogP contribution in [0.4, 0.5) is 18.9 Å². The lowest BCUT2D eigenvalue weighted by Gasteiger charge is -2.45. The van der Waals surface area contributed by atoms with Gasteiger partial charge in [-0.05, 0) is 12.1 Å². The molecule has 2 saturated heterocycles. The highest BCUT2D eigenvalue weighted by atomic mass is 19.4. The fourth-order valence-corrected chi connectivity index (χ4v) is 4.37. The van der Waals surface area contributed by atoms with Crippen molar-refractivity contribution in [2.75, 3.05) is 19.0 Å². The molecule has 2 aromatic carbocycles. The molecule has 5 atom stereocenters. The minimum atomic E-state index is -4.67. The zero-order chi connectivity index (χ0) is 23.9. The average molecular weight is 477 g/mol. The molecule has 0 aliphatic carbocycles. The standard InChI is InChI=1S/C24H22F3NO6/c1-30-23-17(11-19-20(34-23)12-31-22(33-19)13-5-3-2-4-6-13)28-14-7-8-15-16(24(25,26)27)10-21(29)32-18(15)9-14/h2-10,17,19-20,22-23,28H,11-12H2,1H3/t17?,19-,20?,22?,23?/m0/s1. The first kappa shape index (κ1) is 22.9. The number of anilines is 1. The summed E-state index contributed by atoms with van der Waals surface area (Å²) in [5.41, 5.74) is -0.926. The predicted molar refractivity (Wildman–Crippen MR) is 115 cm³/mol. The molecule has 0 saturated carbocycles. The van der Waals surface area contributed by atoms with Crippen molar-refractivity contribution in [2.45, 2.75) is 43.4 Å². The summed E-state index contributed by atoms with van der Waals surface area (Å²) in [5.74, 6) is 0. The van der Waals surface area contributed by atoms with Crippen LogP contribution in [0.25, 0.3) is 11.0 Å². The van der Waals surface area contributed by atoms with E-state index >= 15 is 0 Å². The molecular formula is C24H22F3NO6. The Labute approximate surface area is 192 Å².